The number of ether oxygens (including phenoxy) is 3. The molecule has 2 aliphatic rings. The molecule has 7 nitrogen and oxygen atoms in total. The van der Waals surface area contributed by atoms with Crippen LogP contribution in [-0.2, 0) is 11.3 Å². The second kappa shape index (κ2) is 6.68. The fourth-order valence-corrected chi connectivity index (χ4v) is 4.16. The second-order valence-corrected chi connectivity index (χ2v) is 7.62. The first-order valence-corrected chi connectivity index (χ1v) is 9.61. The number of imidazole rings is 1. The van der Waals surface area contributed by atoms with Crippen LogP contribution in [0.1, 0.15) is 19.5 Å². The standard InChI is InChI=1S/C21H24N4O3/c1-13-8-24(9-14(2)28-13)11-17-21(23-20-6-4-16(22)10-25(17)20)15-3-5-18-19(7-15)27-12-26-18/h3-7,10,13-14H,8-9,11-12,22H2,1-2H3. The molecule has 4 heterocycles. The fraction of sp³-hybridized carbons (Fsp3) is 0.381. The third kappa shape index (κ3) is 3.06. The third-order valence-electron chi connectivity index (χ3n) is 5.25. The highest BCUT2D eigenvalue weighted by molar-refractivity contribution is 5.70. The first kappa shape index (κ1) is 17.3. The number of hydrogen-bond acceptors (Lipinski definition) is 6. The van der Waals surface area contributed by atoms with Gasteiger partial charge in [0.05, 0.1) is 23.6 Å². The second-order valence-electron chi connectivity index (χ2n) is 7.62. The molecule has 2 unspecified atom stereocenters. The molecule has 0 aliphatic carbocycles. The summed E-state index contributed by atoms with van der Waals surface area (Å²) in [5.74, 6) is 1.53. The van der Waals surface area contributed by atoms with E-state index in [0.29, 0.717) is 5.69 Å². The number of nitrogen functional groups attached to an aromatic ring is 1. The largest absolute Gasteiger partial charge is 0.454 e. The van der Waals surface area contributed by atoms with Gasteiger partial charge in [-0.25, -0.2) is 4.98 Å². The molecule has 1 aromatic carbocycles. The lowest BCUT2D eigenvalue weighted by atomic mass is 10.1. The summed E-state index contributed by atoms with van der Waals surface area (Å²) in [5, 5.41) is 0. The molecule has 0 saturated carbocycles. The highest BCUT2D eigenvalue weighted by atomic mass is 16.7. The van der Waals surface area contributed by atoms with Crippen molar-refractivity contribution in [3.05, 3.63) is 42.2 Å². The summed E-state index contributed by atoms with van der Waals surface area (Å²) >= 11 is 0. The first-order chi connectivity index (χ1) is 13.6. The zero-order chi connectivity index (χ0) is 19.3. The van der Waals surface area contributed by atoms with Crippen LogP contribution >= 0.6 is 0 Å². The molecule has 1 fully saturated rings. The predicted octanol–water partition coefficient (Wildman–Crippen LogP) is 2.92. The number of fused-ring (bicyclic) bond motifs is 2. The van der Waals surface area contributed by atoms with Crippen molar-refractivity contribution in [1.29, 1.82) is 0 Å². The molecule has 0 radical (unpaired) electrons. The van der Waals surface area contributed by atoms with Crippen LogP contribution in [0.2, 0.25) is 0 Å². The number of benzene rings is 1. The molecule has 0 spiro atoms. The third-order valence-corrected chi connectivity index (χ3v) is 5.25. The number of anilines is 1. The van der Waals surface area contributed by atoms with E-state index in [4.69, 9.17) is 24.9 Å². The zero-order valence-electron chi connectivity index (χ0n) is 16.1. The molecule has 28 heavy (non-hydrogen) atoms. The highest BCUT2D eigenvalue weighted by Crippen LogP contribution is 2.37. The minimum absolute atomic E-state index is 0.210. The molecule has 2 aromatic heterocycles. The van der Waals surface area contributed by atoms with Crippen LogP contribution in [0.3, 0.4) is 0 Å². The molecule has 7 heteroatoms. The van der Waals surface area contributed by atoms with Crippen molar-refractivity contribution in [2.75, 3.05) is 25.6 Å². The van der Waals surface area contributed by atoms with Crippen LogP contribution in [0.5, 0.6) is 11.5 Å². The van der Waals surface area contributed by atoms with Crippen molar-refractivity contribution < 1.29 is 14.2 Å². The van der Waals surface area contributed by atoms with E-state index in [-0.39, 0.29) is 19.0 Å². The number of nitrogens with two attached hydrogens (primary N) is 1. The van der Waals surface area contributed by atoms with Gasteiger partial charge in [0.2, 0.25) is 6.79 Å². The van der Waals surface area contributed by atoms with E-state index in [1.807, 2.05) is 36.5 Å². The molecule has 2 aliphatic heterocycles. The van der Waals surface area contributed by atoms with Gasteiger partial charge in [0.1, 0.15) is 5.65 Å². The number of aromatic nitrogens is 2. The van der Waals surface area contributed by atoms with E-state index in [2.05, 4.69) is 23.1 Å². The van der Waals surface area contributed by atoms with Gasteiger partial charge >= 0.3 is 0 Å². The van der Waals surface area contributed by atoms with Crippen molar-refractivity contribution >= 4 is 11.3 Å². The Hall–Kier alpha value is -2.77. The van der Waals surface area contributed by atoms with Gasteiger partial charge in [-0.2, -0.15) is 0 Å². The number of pyridine rings is 1. The van der Waals surface area contributed by atoms with Gasteiger partial charge in [-0.05, 0) is 44.2 Å². The van der Waals surface area contributed by atoms with E-state index in [9.17, 15) is 0 Å². The molecule has 0 bridgehead atoms. The van der Waals surface area contributed by atoms with E-state index in [0.717, 1.165) is 53.7 Å². The molecule has 3 aromatic rings. The molecular weight excluding hydrogens is 356 g/mol. The Morgan fingerprint density at radius 3 is 2.68 bits per heavy atom. The lowest BCUT2D eigenvalue weighted by molar-refractivity contribution is -0.0707. The molecule has 5 rings (SSSR count). The number of morpholine rings is 1. The Kier molecular flexibility index (Phi) is 4.14. The van der Waals surface area contributed by atoms with Crippen LogP contribution in [0.25, 0.3) is 16.9 Å². The fourth-order valence-electron chi connectivity index (χ4n) is 4.16. The van der Waals surface area contributed by atoms with Crippen LogP contribution in [0.4, 0.5) is 5.69 Å². The zero-order valence-corrected chi connectivity index (χ0v) is 16.1. The van der Waals surface area contributed by atoms with Crippen molar-refractivity contribution in [2.24, 2.45) is 0 Å². The van der Waals surface area contributed by atoms with Gasteiger partial charge < -0.3 is 24.3 Å². The average Bonchev–Trinajstić information content (AvgIpc) is 3.25. The molecule has 146 valence electrons. The van der Waals surface area contributed by atoms with Gasteiger partial charge in [0, 0.05) is 37.1 Å². The van der Waals surface area contributed by atoms with Gasteiger partial charge in [-0.3, -0.25) is 4.90 Å². The van der Waals surface area contributed by atoms with E-state index in [1.54, 1.807) is 0 Å². The normalized spacial score (nSPS) is 22.1. The summed E-state index contributed by atoms with van der Waals surface area (Å²) in [6.07, 6.45) is 2.37. The Balaban J connectivity index is 1.59. The summed E-state index contributed by atoms with van der Waals surface area (Å²) in [6.45, 7) is 7.05. The summed E-state index contributed by atoms with van der Waals surface area (Å²) in [6, 6.07) is 9.82. The minimum atomic E-state index is 0.210. The van der Waals surface area contributed by atoms with E-state index < -0.39 is 0 Å². The van der Waals surface area contributed by atoms with Crippen molar-refractivity contribution in [3.8, 4) is 22.8 Å². The SMILES string of the molecule is CC1CN(Cc2c(-c3ccc4c(c3)OCO4)nc3ccc(N)cn23)CC(C)O1. The minimum Gasteiger partial charge on any atom is -0.454 e. The van der Waals surface area contributed by atoms with Crippen LogP contribution in [0, 0.1) is 0 Å². The number of hydrogen-bond donors (Lipinski definition) is 1. The Morgan fingerprint density at radius 1 is 1.07 bits per heavy atom. The average molecular weight is 380 g/mol. The molecule has 2 N–H and O–H groups in total. The summed E-state index contributed by atoms with van der Waals surface area (Å²) in [5.41, 5.74) is 10.7. The highest BCUT2D eigenvalue weighted by Gasteiger charge is 2.25. The number of nitrogens with zero attached hydrogens (tertiary/aromatic N) is 3. The van der Waals surface area contributed by atoms with Gasteiger partial charge in [-0.1, -0.05) is 0 Å². The maximum absolute atomic E-state index is 6.07. The Bertz CT molecular complexity index is 1020. The van der Waals surface area contributed by atoms with Gasteiger partial charge in [0.15, 0.2) is 11.5 Å². The van der Waals surface area contributed by atoms with Crippen molar-refractivity contribution in [1.82, 2.24) is 14.3 Å². The number of rotatable bonds is 3. The molecule has 2 atom stereocenters. The summed E-state index contributed by atoms with van der Waals surface area (Å²) < 4.78 is 19.0. The Labute approximate surface area is 163 Å². The molecular formula is C21H24N4O3. The summed E-state index contributed by atoms with van der Waals surface area (Å²) in [4.78, 5) is 7.32. The monoisotopic (exact) mass is 380 g/mol. The maximum Gasteiger partial charge on any atom is 0.231 e. The van der Waals surface area contributed by atoms with Crippen LogP contribution < -0.4 is 15.2 Å². The van der Waals surface area contributed by atoms with E-state index >= 15 is 0 Å². The predicted molar refractivity (Wildman–Crippen MR) is 106 cm³/mol. The lowest BCUT2D eigenvalue weighted by Crippen LogP contribution is -2.45. The van der Waals surface area contributed by atoms with Gasteiger partial charge in [-0.15, -0.1) is 0 Å². The molecule has 0 amide bonds. The van der Waals surface area contributed by atoms with Crippen molar-refractivity contribution in [2.45, 2.75) is 32.6 Å². The van der Waals surface area contributed by atoms with Crippen LogP contribution in [0.15, 0.2) is 36.5 Å². The Morgan fingerprint density at radius 2 is 1.86 bits per heavy atom. The van der Waals surface area contributed by atoms with Crippen LogP contribution in [-0.4, -0.2) is 46.4 Å². The lowest BCUT2D eigenvalue weighted by Gasteiger charge is -2.35. The maximum atomic E-state index is 6.07. The quantitative estimate of drug-likeness (QED) is 0.753. The topological polar surface area (TPSA) is 74.2 Å². The van der Waals surface area contributed by atoms with E-state index in [1.165, 1.54) is 0 Å². The van der Waals surface area contributed by atoms with Crippen molar-refractivity contribution in [3.63, 3.8) is 0 Å². The summed E-state index contributed by atoms with van der Waals surface area (Å²) in [7, 11) is 0. The first-order valence-electron chi connectivity index (χ1n) is 9.61. The molecule has 1 saturated heterocycles. The smallest absolute Gasteiger partial charge is 0.231 e. The van der Waals surface area contributed by atoms with Gasteiger partial charge in [0.25, 0.3) is 0 Å².